The molecule has 2 rings (SSSR count). The predicted octanol–water partition coefficient (Wildman–Crippen LogP) is 2.32. The molecule has 1 aromatic carbocycles. The van der Waals surface area contributed by atoms with Crippen LogP contribution in [0.3, 0.4) is 0 Å². The fourth-order valence-corrected chi connectivity index (χ4v) is 1.70. The van der Waals surface area contributed by atoms with Crippen molar-refractivity contribution in [3.05, 3.63) is 35.6 Å². The van der Waals surface area contributed by atoms with Crippen LogP contribution in [0.5, 0.6) is 0 Å². The first-order chi connectivity index (χ1) is 5.86. The Morgan fingerprint density at radius 2 is 2.23 bits per heavy atom. The zero-order valence-electron chi connectivity index (χ0n) is 7.29. The van der Waals surface area contributed by atoms with Crippen molar-refractivity contribution in [3.8, 4) is 0 Å². The van der Waals surface area contributed by atoms with E-state index in [1.807, 2.05) is 6.07 Å². The van der Waals surface area contributed by atoms with Gasteiger partial charge in [0.05, 0.1) is 0 Å². The first kappa shape index (κ1) is 10.5. The second kappa shape index (κ2) is 4.58. The topological polar surface area (TPSA) is 12.0 Å². The maximum Gasteiger partial charge on any atom is 0.123 e. The highest BCUT2D eigenvalue weighted by atomic mass is 35.5. The Morgan fingerprint density at radius 3 is 2.85 bits per heavy atom. The molecule has 0 aliphatic carbocycles. The van der Waals surface area contributed by atoms with Gasteiger partial charge in [-0.3, -0.25) is 0 Å². The minimum Gasteiger partial charge on any atom is -0.316 e. The van der Waals surface area contributed by atoms with Crippen LogP contribution in [0.2, 0.25) is 0 Å². The summed E-state index contributed by atoms with van der Waals surface area (Å²) < 4.78 is 12.8. The number of rotatable bonds is 1. The molecule has 1 N–H and O–H groups in total. The van der Waals surface area contributed by atoms with Crippen molar-refractivity contribution in [1.82, 2.24) is 5.32 Å². The number of halogens is 2. The highest BCUT2D eigenvalue weighted by Gasteiger charge is 2.16. The van der Waals surface area contributed by atoms with Crippen LogP contribution < -0.4 is 5.32 Å². The van der Waals surface area contributed by atoms with Crippen molar-refractivity contribution in [2.75, 3.05) is 13.1 Å². The maximum atomic E-state index is 12.8. The summed E-state index contributed by atoms with van der Waals surface area (Å²) in [6.45, 7) is 2.05. The Bertz CT molecular complexity index is 271. The highest BCUT2D eigenvalue weighted by molar-refractivity contribution is 5.85. The van der Waals surface area contributed by atoms with Gasteiger partial charge in [-0.2, -0.15) is 0 Å². The molecule has 0 radical (unpaired) electrons. The number of hydrogen-bond donors (Lipinski definition) is 1. The zero-order valence-corrected chi connectivity index (χ0v) is 8.11. The van der Waals surface area contributed by atoms with Crippen LogP contribution in [0.4, 0.5) is 4.39 Å². The Balaban J connectivity index is 0.000000845. The number of hydrogen-bond acceptors (Lipinski definition) is 1. The van der Waals surface area contributed by atoms with Crippen molar-refractivity contribution in [1.29, 1.82) is 0 Å². The van der Waals surface area contributed by atoms with Crippen molar-refractivity contribution in [2.45, 2.75) is 12.3 Å². The van der Waals surface area contributed by atoms with Gasteiger partial charge in [0, 0.05) is 6.54 Å². The largest absolute Gasteiger partial charge is 0.316 e. The summed E-state index contributed by atoms with van der Waals surface area (Å²) in [6.07, 6.45) is 1.13. The Morgan fingerprint density at radius 1 is 1.38 bits per heavy atom. The monoisotopic (exact) mass is 201 g/mol. The Kier molecular flexibility index (Phi) is 3.70. The van der Waals surface area contributed by atoms with Gasteiger partial charge in [0.25, 0.3) is 0 Å². The fourth-order valence-electron chi connectivity index (χ4n) is 1.70. The molecule has 0 unspecified atom stereocenters. The normalized spacial score (nSPS) is 21.2. The fraction of sp³-hybridized carbons (Fsp3) is 0.400. The molecule has 0 aromatic heterocycles. The van der Waals surface area contributed by atoms with Gasteiger partial charge in [-0.05, 0) is 36.6 Å². The van der Waals surface area contributed by atoms with Crippen LogP contribution in [0.15, 0.2) is 24.3 Å². The van der Waals surface area contributed by atoms with Crippen LogP contribution >= 0.6 is 12.4 Å². The van der Waals surface area contributed by atoms with Crippen molar-refractivity contribution in [3.63, 3.8) is 0 Å². The number of nitrogens with one attached hydrogen (secondary N) is 1. The molecule has 0 spiro atoms. The molecule has 13 heavy (non-hydrogen) atoms. The van der Waals surface area contributed by atoms with E-state index in [1.165, 1.54) is 6.07 Å². The van der Waals surface area contributed by atoms with Gasteiger partial charge in [0.2, 0.25) is 0 Å². The minimum atomic E-state index is -0.126. The highest BCUT2D eigenvalue weighted by Crippen LogP contribution is 2.22. The first-order valence-electron chi connectivity index (χ1n) is 4.32. The van der Waals surface area contributed by atoms with E-state index in [1.54, 1.807) is 12.1 Å². The van der Waals surface area contributed by atoms with E-state index in [0.717, 1.165) is 25.1 Å². The summed E-state index contributed by atoms with van der Waals surface area (Å²) in [5.74, 6) is 0.389. The lowest BCUT2D eigenvalue weighted by Gasteiger charge is -2.07. The molecule has 3 heteroatoms. The SMILES string of the molecule is Cl.Fc1cccc([C@H]2CCNC2)c1. The summed E-state index contributed by atoms with van der Waals surface area (Å²) in [7, 11) is 0. The predicted molar refractivity (Wildman–Crippen MR) is 53.9 cm³/mol. The maximum absolute atomic E-state index is 12.8. The van der Waals surface area contributed by atoms with Crippen LogP contribution in [0.25, 0.3) is 0 Å². The van der Waals surface area contributed by atoms with Gasteiger partial charge in [0.15, 0.2) is 0 Å². The van der Waals surface area contributed by atoms with E-state index in [4.69, 9.17) is 0 Å². The summed E-state index contributed by atoms with van der Waals surface area (Å²) >= 11 is 0. The third kappa shape index (κ3) is 2.42. The Hall–Kier alpha value is -0.600. The molecule has 1 nitrogen and oxygen atoms in total. The van der Waals surface area contributed by atoms with E-state index in [2.05, 4.69) is 5.32 Å². The third-order valence-corrected chi connectivity index (χ3v) is 2.38. The van der Waals surface area contributed by atoms with Crippen LogP contribution in [-0.2, 0) is 0 Å². The molecule has 1 heterocycles. The molecule has 1 aromatic rings. The third-order valence-electron chi connectivity index (χ3n) is 2.38. The average Bonchev–Trinajstić information content (AvgIpc) is 2.56. The average molecular weight is 202 g/mol. The van der Waals surface area contributed by atoms with E-state index in [0.29, 0.717) is 5.92 Å². The summed E-state index contributed by atoms with van der Waals surface area (Å²) in [4.78, 5) is 0. The van der Waals surface area contributed by atoms with Gasteiger partial charge in [-0.15, -0.1) is 12.4 Å². The van der Waals surface area contributed by atoms with Gasteiger partial charge in [-0.1, -0.05) is 12.1 Å². The summed E-state index contributed by atoms with van der Waals surface area (Å²) in [5, 5.41) is 3.27. The van der Waals surface area contributed by atoms with Gasteiger partial charge >= 0.3 is 0 Å². The van der Waals surface area contributed by atoms with E-state index < -0.39 is 0 Å². The molecule has 1 aliphatic rings. The standard InChI is InChI=1S/C10H12FN.ClH/c11-10-3-1-2-8(6-10)9-4-5-12-7-9;/h1-3,6,9,12H,4-5,7H2;1H/t9-;/m0./s1. The Labute approximate surface area is 83.8 Å². The van der Waals surface area contributed by atoms with E-state index >= 15 is 0 Å². The molecule has 0 saturated carbocycles. The van der Waals surface area contributed by atoms with Crippen molar-refractivity contribution >= 4 is 12.4 Å². The smallest absolute Gasteiger partial charge is 0.123 e. The number of benzene rings is 1. The first-order valence-corrected chi connectivity index (χ1v) is 4.32. The molecule has 1 fully saturated rings. The van der Waals surface area contributed by atoms with Crippen LogP contribution in [0, 0.1) is 5.82 Å². The second-order valence-corrected chi connectivity index (χ2v) is 3.24. The summed E-state index contributed by atoms with van der Waals surface area (Å²) in [5.41, 5.74) is 1.13. The van der Waals surface area contributed by atoms with Gasteiger partial charge < -0.3 is 5.32 Å². The molecule has 1 atom stereocenters. The molecule has 0 amide bonds. The van der Waals surface area contributed by atoms with E-state index in [-0.39, 0.29) is 18.2 Å². The second-order valence-electron chi connectivity index (χ2n) is 3.24. The lowest BCUT2D eigenvalue weighted by Crippen LogP contribution is -2.07. The quantitative estimate of drug-likeness (QED) is 0.736. The van der Waals surface area contributed by atoms with Crippen molar-refractivity contribution in [2.24, 2.45) is 0 Å². The van der Waals surface area contributed by atoms with E-state index in [9.17, 15) is 4.39 Å². The molecular weight excluding hydrogens is 189 g/mol. The van der Waals surface area contributed by atoms with Crippen LogP contribution in [-0.4, -0.2) is 13.1 Å². The molecule has 0 bridgehead atoms. The molecule has 1 aliphatic heterocycles. The minimum absolute atomic E-state index is 0. The molecule has 72 valence electrons. The van der Waals surface area contributed by atoms with Gasteiger partial charge in [-0.25, -0.2) is 4.39 Å². The lowest BCUT2D eigenvalue weighted by molar-refractivity contribution is 0.621. The van der Waals surface area contributed by atoms with Crippen LogP contribution in [0.1, 0.15) is 17.9 Å². The van der Waals surface area contributed by atoms with Crippen molar-refractivity contribution < 1.29 is 4.39 Å². The van der Waals surface area contributed by atoms with Gasteiger partial charge in [0.1, 0.15) is 5.82 Å². The molecule has 1 saturated heterocycles. The molecular formula is C10H13ClFN. The summed E-state index contributed by atoms with van der Waals surface area (Å²) in [6, 6.07) is 6.91. The lowest BCUT2D eigenvalue weighted by atomic mass is 9.99. The zero-order chi connectivity index (χ0) is 8.39.